The zero-order valence-corrected chi connectivity index (χ0v) is 10.5. The Kier molecular flexibility index (Phi) is 3.30. The molecule has 2 aromatic rings. The molecule has 0 unspecified atom stereocenters. The van der Waals surface area contributed by atoms with Gasteiger partial charge in [0.1, 0.15) is 0 Å². The number of hydrogen-bond donors (Lipinski definition) is 1. The average molecular weight is 259 g/mol. The van der Waals surface area contributed by atoms with Crippen LogP contribution in [0.1, 0.15) is 22.3 Å². The van der Waals surface area contributed by atoms with E-state index in [1.54, 1.807) is 6.07 Å². The highest BCUT2D eigenvalue weighted by Crippen LogP contribution is 2.22. The zero-order chi connectivity index (χ0) is 13.2. The number of halogens is 2. The van der Waals surface area contributed by atoms with Gasteiger partial charge in [-0.2, -0.15) is 0 Å². The van der Waals surface area contributed by atoms with Crippen molar-refractivity contribution in [1.29, 1.82) is 0 Å². The van der Waals surface area contributed by atoms with Gasteiger partial charge in [-0.3, -0.25) is 0 Å². The van der Waals surface area contributed by atoms with Crippen LogP contribution in [0.2, 0.25) is 0 Å². The molecule has 2 aromatic carbocycles. The Bertz CT molecular complexity index is 608. The number of hydrogen-bond acceptors (Lipinski definition) is 1. The fourth-order valence-corrected chi connectivity index (χ4v) is 2.62. The van der Waals surface area contributed by atoms with Gasteiger partial charge in [0, 0.05) is 6.54 Å². The van der Waals surface area contributed by atoms with E-state index in [4.69, 9.17) is 0 Å². The van der Waals surface area contributed by atoms with E-state index in [1.165, 1.54) is 28.8 Å². The van der Waals surface area contributed by atoms with Crippen LogP contribution >= 0.6 is 0 Å². The van der Waals surface area contributed by atoms with Gasteiger partial charge in [0.2, 0.25) is 0 Å². The van der Waals surface area contributed by atoms with Crippen LogP contribution < -0.4 is 5.32 Å². The average Bonchev–Trinajstić information content (AvgIpc) is 2.43. The molecular weight excluding hydrogens is 244 g/mol. The van der Waals surface area contributed by atoms with Gasteiger partial charge in [-0.05, 0) is 53.8 Å². The molecule has 0 amide bonds. The zero-order valence-electron chi connectivity index (χ0n) is 10.5. The van der Waals surface area contributed by atoms with Crippen molar-refractivity contribution in [2.24, 2.45) is 0 Å². The third kappa shape index (κ3) is 2.51. The number of benzene rings is 2. The predicted octanol–water partition coefficient (Wildman–Crippen LogP) is 3.20. The molecule has 0 aliphatic carbocycles. The van der Waals surface area contributed by atoms with E-state index in [2.05, 4.69) is 17.4 Å². The number of rotatable bonds is 2. The highest BCUT2D eigenvalue weighted by Gasteiger charge is 2.13. The van der Waals surface area contributed by atoms with Crippen LogP contribution in [-0.2, 0) is 19.4 Å². The Labute approximate surface area is 111 Å². The molecule has 98 valence electrons. The third-order valence-electron chi connectivity index (χ3n) is 3.62. The number of fused-ring (bicyclic) bond motifs is 1. The van der Waals surface area contributed by atoms with Crippen LogP contribution in [0, 0.1) is 11.6 Å². The summed E-state index contributed by atoms with van der Waals surface area (Å²) in [4.78, 5) is 0. The monoisotopic (exact) mass is 259 g/mol. The maximum absolute atomic E-state index is 13.2. The van der Waals surface area contributed by atoms with Crippen molar-refractivity contribution in [3.8, 4) is 0 Å². The molecule has 0 saturated carbocycles. The van der Waals surface area contributed by atoms with Crippen molar-refractivity contribution in [3.63, 3.8) is 0 Å². The molecule has 0 bridgehead atoms. The molecule has 0 spiro atoms. The Morgan fingerprint density at radius 1 is 1.05 bits per heavy atom. The summed E-state index contributed by atoms with van der Waals surface area (Å²) in [6, 6.07) is 10.4. The molecule has 3 rings (SSSR count). The Morgan fingerprint density at radius 3 is 2.79 bits per heavy atom. The standard InChI is InChI=1S/C16H15F2N/c17-15-5-4-11(9-16(15)18)8-13-3-1-2-12-6-7-19-10-14(12)13/h1-5,9,19H,6-8,10H2. The first-order valence-corrected chi connectivity index (χ1v) is 6.48. The second-order valence-corrected chi connectivity index (χ2v) is 4.91. The molecule has 0 atom stereocenters. The lowest BCUT2D eigenvalue weighted by Gasteiger charge is -2.20. The van der Waals surface area contributed by atoms with Gasteiger partial charge in [-0.1, -0.05) is 24.3 Å². The highest BCUT2D eigenvalue weighted by atomic mass is 19.2. The minimum absolute atomic E-state index is 0.641. The molecule has 0 saturated heterocycles. The second-order valence-electron chi connectivity index (χ2n) is 4.91. The summed E-state index contributed by atoms with van der Waals surface area (Å²) < 4.78 is 26.2. The molecule has 0 fully saturated rings. The number of nitrogens with one attached hydrogen (secondary N) is 1. The first-order chi connectivity index (χ1) is 9.24. The van der Waals surface area contributed by atoms with E-state index in [1.807, 2.05) is 6.07 Å². The van der Waals surface area contributed by atoms with Crippen molar-refractivity contribution in [1.82, 2.24) is 5.32 Å². The van der Waals surface area contributed by atoms with Gasteiger partial charge in [0.05, 0.1) is 0 Å². The van der Waals surface area contributed by atoms with Crippen molar-refractivity contribution in [3.05, 3.63) is 70.3 Å². The molecule has 1 heterocycles. The van der Waals surface area contributed by atoms with Crippen molar-refractivity contribution in [2.45, 2.75) is 19.4 Å². The SMILES string of the molecule is Fc1ccc(Cc2cccc3c2CNCC3)cc1F. The van der Waals surface area contributed by atoms with Crippen LogP contribution in [0.25, 0.3) is 0 Å². The molecule has 19 heavy (non-hydrogen) atoms. The van der Waals surface area contributed by atoms with Crippen LogP contribution in [-0.4, -0.2) is 6.54 Å². The van der Waals surface area contributed by atoms with E-state index in [0.29, 0.717) is 6.42 Å². The smallest absolute Gasteiger partial charge is 0.159 e. The van der Waals surface area contributed by atoms with E-state index in [-0.39, 0.29) is 0 Å². The maximum atomic E-state index is 13.2. The summed E-state index contributed by atoms with van der Waals surface area (Å²) >= 11 is 0. The summed E-state index contributed by atoms with van der Waals surface area (Å²) in [6.45, 7) is 1.86. The van der Waals surface area contributed by atoms with Gasteiger partial charge in [-0.25, -0.2) is 8.78 Å². The summed E-state index contributed by atoms with van der Waals surface area (Å²) in [5.41, 5.74) is 4.66. The fourth-order valence-electron chi connectivity index (χ4n) is 2.62. The summed E-state index contributed by atoms with van der Waals surface area (Å²) in [5, 5.41) is 3.35. The quantitative estimate of drug-likeness (QED) is 0.873. The lowest BCUT2D eigenvalue weighted by molar-refractivity contribution is 0.507. The largest absolute Gasteiger partial charge is 0.312 e. The van der Waals surface area contributed by atoms with Crippen LogP contribution in [0.15, 0.2) is 36.4 Å². The highest BCUT2D eigenvalue weighted by molar-refractivity contribution is 5.40. The molecular formula is C16H15F2N. The lowest BCUT2D eigenvalue weighted by atomic mass is 9.92. The molecule has 1 nitrogen and oxygen atoms in total. The molecule has 1 aliphatic rings. The topological polar surface area (TPSA) is 12.0 Å². The summed E-state index contributed by atoms with van der Waals surface area (Å²) in [6.07, 6.45) is 1.67. The van der Waals surface area contributed by atoms with Gasteiger partial charge in [-0.15, -0.1) is 0 Å². The normalized spacial score (nSPS) is 14.2. The first kappa shape index (κ1) is 12.3. The summed E-state index contributed by atoms with van der Waals surface area (Å²) in [7, 11) is 0. The van der Waals surface area contributed by atoms with Gasteiger partial charge < -0.3 is 5.32 Å². The van der Waals surface area contributed by atoms with Crippen LogP contribution in [0.3, 0.4) is 0 Å². The fraction of sp³-hybridized carbons (Fsp3) is 0.250. The second kappa shape index (κ2) is 5.10. The van der Waals surface area contributed by atoms with Gasteiger partial charge in [0.15, 0.2) is 11.6 Å². The lowest BCUT2D eigenvalue weighted by Crippen LogP contribution is -2.24. The molecule has 1 N–H and O–H groups in total. The van der Waals surface area contributed by atoms with Crippen LogP contribution in [0.5, 0.6) is 0 Å². The minimum Gasteiger partial charge on any atom is -0.312 e. The molecule has 3 heteroatoms. The van der Waals surface area contributed by atoms with E-state index in [0.717, 1.165) is 25.1 Å². The minimum atomic E-state index is -0.791. The van der Waals surface area contributed by atoms with Gasteiger partial charge in [0.25, 0.3) is 0 Å². The van der Waals surface area contributed by atoms with Crippen molar-refractivity contribution < 1.29 is 8.78 Å². The molecule has 0 radical (unpaired) electrons. The van der Waals surface area contributed by atoms with E-state index < -0.39 is 11.6 Å². The Morgan fingerprint density at radius 2 is 1.95 bits per heavy atom. The Balaban J connectivity index is 1.92. The van der Waals surface area contributed by atoms with E-state index in [9.17, 15) is 8.78 Å². The molecule has 1 aliphatic heterocycles. The predicted molar refractivity (Wildman–Crippen MR) is 71.0 cm³/mol. The Hall–Kier alpha value is -1.74. The van der Waals surface area contributed by atoms with Crippen molar-refractivity contribution >= 4 is 0 Å². The van der Waals surface area contributed by atoms with Crippen LogP contribution in [0.4, 0.5) is 8.78 Å². The molecule has 0 aromatic heterocycles. The maximum Gasteiger partial charge on any atom is 0.159 e. The summed E-state index contributed by atoms with van der Waals surface area (Å²) in [5.74, 6) is -1.57. The van der Waals surface area contributed by atoms with Crippen molar-refractivity contribution in [2.75, 3.05) is 6.54 Å². The third-order valence-corrected chi connectivity index (χ3v) is 3.62. The first-order valence-electron chi connectivity index (χ1n) is 6.48. The van der Waals surface area contributed by atoms with E-state index >= 15 is 0 Å². The van der Waals surface area contributed by atoms with Gasteiger partial charge >= 0.3 is 0 Å².